The number of nitrogens with one attached hydrogen (secondary N) is 6. The van der Waals surface area contributed by atoms with E-state index < -0.39 is 76.6 Å². The van der Waals surface area contributed by atoms with Gasteiger partial charge in [-0.3, -0.25) is 29.0 Å². The second kappa shape index (κ2) is 15.7. The van der Waals surface area contributed by atoms with Crippen LogP contribution in [0.15, 0.2) is 38.3 Å². The molecule has 1 heterocycles. The van der Waals surface area contributed by atoms with E-state index in [1.807, 2.05) is 56.9 Å². The van der Waals surface area contributed by atoms with Crippen LogP contribution < -0.4 is 38.2 Å². The quantitative estimate of drug-likeness (QED) is 0.153. The number of halogens is 2. The van der Waals surface area contributed by atoms with Gasteiger partial charge in [0.05, 0.1) is 0 Å². The Morgan fingerprint density at radius 1 is 0.955 bits per heavy atom. The Labute approximate surface area is 262 Å². The van der Waals surface area contributed by atoms with Gasteiger partial charge in [-0.25, -0.2) is 4.79 Å². The summed E-state index contributed by atoms with van der Waals surface area (Å²) in [5.74, 6) is -4.80. The number of nitrogens with two attached hydrogens (primary N) is 1. The van der Waals surface area contributed by atoms with E-state index in [1.165, 1.54) is 0 Å². The summed E-state index contributed by atoms with van der Waals surface area (Å²) in [4.78, 5) is 78.1. The van der Waals surface area contributed by atoms with Crippen molar-refractivity contribution in [1.82, 2.24) is 31.2 Å². The fourth-order valence-electron chi connectivity index (χ4n) is 4.35. The SMILES string of the molecule is CC(C)C[C@H](NC(=O)[C@@H](NC(=O)[C@@H](N)CNC(=O)c1[nH]c(=O)[nH]c(=O)c1F)C(C)C)C(=O)NC(C)(C)Cc1ccc(Br)cc1. The standard InChI is InChI=1S/C29H41BrFN7O6/c1-14(2)11-19(24(40)38-29(5,6)12-16-7-9-17(30)10-8-16)34-27(43)21(15(3)4)35-23(39)18(32)13-33-26(42)22-20(31)25(41)37-28(44)36-22/h7-10,14-15,18-19,21H,11-13,32H2,1-6H3,(H,33,42)(H,34,43)(H,35,39)(H,38,40)(H2,36,37,41,44)/t18-,19-,21-/m0/s1. The van der Waals surface area contributed by atoms with Crippen LogP contribution in [0, 0.1) is 17.7 Å². The first-order chi connectivity index (χ1) is 20.4. The van der Waals surface area contributed by atoms with Gasteiger partial charge >= 0.3 is 5.69 Å². The van der Waals surface area contributed by atoms with Crippen LogP contribution >= 0.6 is 15.9 Å². The summed E-state index contributed by atoms with van der Waals surface area (Å²) >= 11 is 3.41. The Morgan fingerprint density at radius 2 is 1.57 bits per heavy atom. The van der Waals surface area contributed by atoms with Crippen LogP contribution in [-0.4, -0.2) is 63.8 Å². The third-order valence-corrected chi connectivity index (χ3v) is 7.07. The lowest BCUT2D eigenvalue weighted by Gasteiger charge is -2.31. The number of aromatic amines is 2. The monoisotopic (exact) mass is 681 g/mol. The minimum atomic E-state index is -1.51. The normalized spacial score (nSPS) is 13.6. The third-order valence-electron chi connectivity index (χ3n) is 6.54. The highest BCUT2D eigenvalue weighted by molar-refractivity contribution is 9.10. The topological polar surface area (TPSA) is 208 Å². The Hall–Kier alpha value is -3.85. The number of H-pyrrole nitrogens is 2. The Kier molecular flexibility index (Phi) is 13.0. The fraction of sp³-hybridized carbons (Fsp3) is 0.517. The molecule has 0 fully saturated rings. The Morgan fingerprint density at radius 3 is 2.14 bits per heavy atom. The van der Waals surface area contributed by atoms with E-state index in [0.29, 0.717) is 12.8 Å². The molecule has 3 atom stereocenters. The molecule has 8 N–H and O–H groups in total. The number of benzene rings is 1. The Balaban J connectivity index is 2.06. The van der Waals surface area contributed by atoms with Gasteiger partial charge in [-0.05, 0) is 56.2 Å². The summed E-state index contributed by atoms with van der Waals surface area (Å²) in [5.41, 5.74) is 2.89. The van der Waals surface area contributed by atoms with Crippen LogP contribution in [0.1, 0.15) is 64.0 Å². The summed E-state index contributed by atoms with van der Waals surface area (Å²) < 4.78 is 14.9. The van der Waals surface area contributed by atoms with Crippen molar-refractivity contribution in [2.45, 2.75) is 78.0 Å². The number of aromatic nitrogens is 2. The first kappa shape index (κ1) is 36.3. The Bertz CT molecular complexity index is 1460. The summed E-state index contributed by atoms with van der Waals surface area (Å²) in [5, 5.41) is 10.5. The lowest BCUT2D eigenvalue weighted by molar-refractivity contribution is -0.134. The molecule has 242 valence electrons. The molecule has 0 saturated heterocycles. The van der Waals surface area contributed by atoms with Crippen LogP contribution in [0.3, 0.4) is 0 Å². The number of rotatable bonds is 14. The maximum absolute atomic E-state index is 13.9. The van der Waals surface area contributed by atoms with Gasteiger partial charge in [0.2, 0.25) is 23.5 Å². The summed E-state index contributed by atoms with van der Waals surface area (Å²) in [7, 11) is 0. The number of hydrogen-bond acceptors (Lipinski definition) is 7. The molecule has 44 heavy (non-hydrogen) atoms. The molecule has 0 unspecified atom stereocenters. The number of carbonyl (C=O) groups is 4. The first-order valence-electron chi connectivity index (χ1n) is 14.1. The van der Waals surface area contributed by atoms with Crippen LogP contribution in [0.25, 0.3) is 0 Å². The van der Waals surface area contributed by atoms with Crippen LogP contribution in [0.4, 0.5) is 4.39 Å². The van der Waals surface area contributed by atoms with Gasteiger partial charge in [0, 0.05) is 16.6 Å². The van der Waals surface area contributed by atoms with Crippen LogP contribution in [-0.2, 0) is 20.8 Å². The average molecular weight is 683 g/mol. The predicted octanol–water partition coefficient (Wildman–Crippen LogP) is 0.831. The molecule has 2 rings (SSSR count). The van der Waals surface area contributed by atoms with Gasteiger partial charge in [0.1, 0.15) is 23.8 Å². The molecule has 1 aromatic carbocycles. The molecule has 0 aliphatic rings. The molecule has 0 radical (unpaired) electrons. The highest BCUT2D eigenvalue weighted by Gasteiger charge is 2.32. The van der Waals surface area contributed by atoms with Gasteiger partial charge < -0.3 is 32.0 Å². The smallest absolute Gasteiger partial charge is 0.326 e. The van der Waals surface area contributed by atoms with Gasteiger partial charge in [-0.15, -0.1) is 0 Å². The molecule has 0 spiro atoms. The van der Waals surface area contributed by atoms with E-state index in [-0.39, 0.29) is 11.8 Å². The molecule has 0 aliphatic heterocycles. The number of hydrogen-bond donors (Lipinski definition) is 7. The van der Waals surface area contributed by atoms with Crippen molar-refractivity contribution in [2.75, 3.05) is 6.54 Å². The fourth-order valence-corrected chi connectivity index (χ4v) is 4.61. The van der Waals surface area contributed by atoms with Crippen LogP contribution in [0.2, 0.25) is 0 Å². The molecule has 0 bridgehead atoms. The molecule has 4 amide bonds. The van der Waals surface area contributed by atoms with E-state index in [9.17, 15) is 33.2 Å². The van der Waals surface area contributed by atoms with E-state index in [2.05, 4.69) is 37.2 Å². The van der Waals surface area contributed by atoms with Gasteiger partial charge in [0.25, 0.3) is 11.5 Å². The minimum absolute atomic E-state index is 0.0599. The van der Waals surface area contributed by atoms with Gasteiger partial charge in [-0.2, -0.15) is 4.39 Å². The second-order valence-electron chi connectivity index (χ2n) is 12.0. The second-order valence-corrected chi connectivity index (χ2v) is 12.9. The zero-order valence-electron chi connectivity index (χ0n) is 25.6. The molecule has 0 saturated carbocycles. The zero-order valence-corrected chi connectivity index (χ0v) is 27.2. The van der Waals surface area contributed by atoms with Crippen molar-refractivity contribution in [3.63, 3.8) is 0 Å². The maximum Gasteiger partial charge on any atom is 0.326 e. The minimum Gasteiger partial charge on any atom is -0.349 e. The van der Waals surface area contributed by atoms with Crippen molar-refractivity contribution >= 4 is 39.6 Å². The molecule has 0 aliphatic carbocycles. The molecule has 2 aromatic rings. The predicted molar refractivity (Wildman–Crippen MR) is 166 cm³/mol. The van der Waals surface area contributed by atoms with E-state index in [1.54, 1.807) is 18.8 Å². The van der Waals surface area contributed by atoms with Crippen molar-refractivity contribution in [3.8, 4) is 0 Å². The lowest BCUT2D eigenvalue weighted by Crippen LogP contribution is -2.60. The first-order valence-corrected chi connectivity index (χ1v) is 14.9. The van der Waals surface area contributed by atoms with Crippen molar-refractivity contribution in [1.29, 1.82) is 0 Å². The summed E-state index contributed by atoms with van der Waals surface area (Å²) in [6.45, 7) is 10.5. The molecular weight excluding hydrogens is 641 g/mol. The largest absolute Gasteiger partial charge is 0.349 e. The number of carbonyl (C=O) groups excluding carboxylic acids is 4. The highest BCUT2D eigenvalue weighted by Crippen LogP contribution is 2.17. The zero-order chi connectivity index (χ0) is 33.4. The van der Waals surface area contributed by atoms with Crippen molar-refractivity contribution in [3.05, 3.63) is 66.7 Å². The van der Waals surface area contributed by atoms with Gasteiger partial charge in [0.15, 0.2) is 0 Å². The van der Waals surface area contributed by atoms with Crippen molar-refractivity contribution in [2.24, 2.45) is 17.6 Å². The van der Waals surface area contributed by atoms with E-state index in [0.717, 1.165) is 10.0 Å². The number of amides is 4. The third kappa shape index (κ3) is 11.0. The molecule has 15 heteroatoms. The van der Waals surface area contributed by atoms with E-state index in [4.69, 9.17) is 5.73 Å². The highest BCUT2D eigenvalue weighted by atomic mass is 79.9. The van der Waals surface area contributed by atoms with Gasteiger partial charge in [-0.1, -0.05) is 55.8 Å². The molecule has 13 nitrogen and oxygen atoms in total. The lowest BCUT2D eigenvalue weighted by atomic mass is 9.93. The maximum atomic E-state index is 13.9. The van der Waals surface area contributed by atoms with Crippen LogP contribution in [0.5, 0.6) is 0 Å². The van der Waals surface area contributed by atoms with Crippen molar-refractivity contribution < 1.29 is 23.6 Å². The molecular formula is C29H41BrFN7O6. The molecule has 1 aromatic heterocycles. The average Bonchev–Trinajstić information content (AvgIpc) is 2.91. The van der Waals surface area contributed by atoms with E-state index >= 15 is 0 Å². The summed E-state index contributed by atoms with van der Waals surface area (Å²) in [6, 6.07) is 4.41. The summed E-state index contributed by atoms with van der Waals surface area (Å²) in [6.07, 6.45) is 0.897.